The summed E-state index contributed by atoms with van der Waals surface area (Å²) in [5, 5.41) is 3.35. The highest BCUT2D eigenvalue weighted by Crippen LogP contribution is 2.22. The summed E-state index contributed by atoms with van der Waals surface area (Å²) >= 11 is 0. The van der Waals surface area contributed by atoms with Crippen molar-refractivity contribution in [2.75, 3.05) is 47.0 Å². The smallest absolute Gasteiger partial charge is 0.0724 e. The van der Waals surface area contributed by atoms with Crippen molar-refractivity contribution in [3.05, 3.63) is 0 Å². The topological polar surface area (TPSA) is 33.7 Å². The van der Waals surface area contributed by atoms with E-state index in [1.165, 1.54) is 13.0 Å². The fourth-order valence-electron chi connectivity index (χ4n) is 3.00. The SMILES string of the molecule is CNC1COCC1CN1CCC(C)C(OC)C1. The number of hydrogen-bond acceptors (Lipinski definition) is 4. The van der Waals surface area contributed by atoms with Crippen LogP contribution in [-0.2, 0) is 9.47 Å². The van der Waals surface area contributed by atoms with Crippen LogP contribution in [-0.4, -0.2) is 64.1 Å². The van der Waals surface area contributed by atoms with Crippen LogP contribution in [0.1, 0.15) is 13.3 Å². The number of hydrogen-bond donors (Lipinski definition) is 1. The molecule has 17 heavy (non-hydrogen) atoms. The van der Waals surface area contributed by atoms with Gasteiger partial charge in [0, 0.05) is 32.2 Å². The van der Waals surface area contributed by atoms with Gasteiger partial charge in [0.05, 0.1) is 19.3 Å². The lowest BCUT2D eigenvalue weighted by Gasteiger charge is -2.37. The van der Waals surface area contributed by atoms with Gasteiger partial charge in [-0.2, -0.15) is 0 Å². The van der Waals surface area contributed by atoms with Crippen LogP contribution in [0.3, 0.4) is 0 Å². The molecule has 1 N–H and O–H groups in total. The van der Waals surface area contributed by atoms with E-state index in [0.29, 0.717) is 24.0 Å². The van der Waals surface area contributed by atoms with E-state index in [1.54, 1.807) is 0 Å². The zero-order valence-electron chi connectivity index (χ0n) is 11.3. The van der Waals surface area contributed by atoms with Gasteiger partial charge in [0.15, 0.2) is 0 Å². The number of likely N-dealkylation sites (tertiary alicyclic amines) is 1. The molecule has 0 radical (unpaired) electrons. The number of piperidine rings is 1. The average molecular weight is 242 g/mol. The third kappa shape index (κ3) is 3.19. The first kappa shape index (κ1) is 13.3. The van der Waals surface area contributed by atoms with E-state index < -0.39 is 0 Å². The molecular weight excluding hydrogens is 216 g/mol. The Labute approximate surface area is 105 Å². The van der Waals surface area contributed by atoms with Crippen LogP contribution in [0.15, 0.2) is 0 Å². The highest BCUT2D eigenvalue weighted by molar-refractivity contribution is 4.86. The van der Waals surface area contributed by atoms with Gasteiger partial charge in [-0.1, -0.05) is 6.92 Å². The molecule has 4 atom stereocenters. The summed E-state index contributed by atoms with van der Waals surface area (Å²) in [6.07, 6.45) is 1.65. The van der Waals surface area contributed by atoms with Gasteiger partial charge in [0.2, 0.25) is 0 Å². The van der Waals surface area contributed by atoms with E-state index in [2.05, 4.69) is 17.1 Å². The zero-order chi connectivity index (χ0) is 12.3. The van der Waals surface area contributed by atoms with Gasteiger partial charge in [-0.25, -0.2) is 0 Å². The first-order valence-corrected chi connectivity index (χ1v) is 6.74. The molecule has 0 amide bonds. The van der Waals surface area contributed by atoms with Crippen molar-refractivity contribution in [2.24, 2.45) is 11.8 Å². The third-order valence-corrected chi connectivity index (χ3v) is 4.34. The monoisotopic (exact) mass is 242 g/mol. The van der Waals surface area contributed by atoms with Gasteiger partial charge >= 0.3 is 0 Å². The Morgan fingerprint density at radius 3 is 2.94 bits per heavy atom. The van der Waals surface area contributed by atoms with Gasteiger partial charge in [-0.05, 0) is 25.9 Å². The normalized spacial score (nSPS) is 39.7. The molecule has 0 bridgehead atoms. The van der Waals surface area contributed by atoms with Crippen LogP contribution in [0.4, 0.5) is 0 Å². The average Bonchev–Trinajstić information content (AvgIpc) is 2.79. The number of rotatable bonds is 4. The van der Waals surface area contributed by atoms with E-state index in [9.17, 15) is 0 Å². The number of nitrogens with one attached hydrogen (secondary N) is 1. The Bertz CT molecular complexity index is 237. The van der Waals surface area contributed by atoms with Gasteiger partial charge in [0.25, 0.3) is 0 Å². The molecule has 2 aliphatic rings. The maximum absolute atomic E-state index is 5.56. The highest BCUT2D eigenvalue weighted by atomic mass is 16.5. The molecule has 4 unspecified atom stereocenters. The van der Waals surface area contributed by atoms with E-state index in [1.807, 2.05) is 14.2 Å². The Balaban J connectivity index is 1.82. The number of nitrogens with zero attached hydrogens (tertiary/aromatic N) is 1. The van der Waals surface area contributed by atoms with Crippen LogP contribution in [0.5, 0.6) is 0 Å². The minimum Gasteiger partial charge on any atom is -0.380 e. The minimum atomic E-state index is 0.402. The maximum Gasteiger partial charge on any atom is 0.0724 e. The molecule has 0 aromatic rings. The predicted octanol–water partition coefficient (Wildman–Crippen LogP) is 0.578. The second-order valence-corrected chi connectivity index (χ2v) is 5.49. The summed E-state index contributed by atoms with van der Waals surface area (Å²) in [5.74, 6) is 1.32. The summed E-state index contributed by atoms with van der Waals surface area (Å²) in [5.41, 5.74) is 0. The maximum atomic E-state index is 5.56. The standard InChI is InChI=1S/C13H26N2O2/c1-10-4-5-15(7-13(10)16-3)6-11-8-17-9-12(11)14-2/h10-14H,4-9H2,1-3H3. The quantitative estimate of drug-likeness (QED) is 0.782. The molecule has 2 saturated heterocycles. The molecule has 100 valence electrons. The van der Waals surface area contributed by atoms with Crippen LogP contribution in [0.2, 0.25) is 0 Å². The lowest BCUT2D eigenvalue weighted by Crippen LogP contribution is -2.48. The molecule has 0 saturated carbocycles. The first-order valence-electron chi connectivity index (χ1n) is 6.74. The fraction of sp³-hybridized carbons (Fsp3) is 1.00. The van der Waals surface area contributed by atoms with E-state index >= 15 is 0 Å². The Morgan fingerprint density at radius 2 is 2.24 bits per heavy atom. The second-order valence-electron chi connectivity index (χ2n) is 5.49. The summed E-state index contributed by atoms with van der Waals surface area (Å²) in [6, 6.07) is 0.523. The Kier molecular flexibility index (Phi) is 4.79. The largest absolute Gasteiger partial charge is 0.380 e. The summed E-state index contributed by atoms with van der Waals surface area (Å²) in [6.45, 7) is 7.46. The summed E-state index contributed by atoms with van der Waals surface area (Å²) in [7, 11) is 3.86. The van der Waals surface area contributed by atoms with Gasteiger partial charge in [-0.15, -0.1) is 0 Å². The Hall–Kier alpha value is -0.160. The van der Waals surface area contributed by atoms with Gasteiger partial charge in [-0.3, -0.25) is 0 Å². The van der Waals surface area contributed by atoms with Crippen LogP contribution >= 0.6 is 0 Å². The van der Waals surface area contributed by atoms with Crippen LogP contribution in [0, 0.1) is 11.8 Å². The number of ether oxygens (including phenoxy) is 2. The van der Waals surface area contributed by atoms with Crippen molar-refractivity contribution in [1.82, 2.24) is 10.2 Å². The fourth-order valence-corrected chi connectivity index (χ4v) is 3.00. The zero-order valence-corrected chi connectivity index (χ0v) is 11.3. The molecule has 2 rings (SSSR count). The van der Waals surface area contributed by atoms with Crippen LogP contribution < -0.4 is 5.32 Å². The molecule has 2 aliphatic heterocycles. The van der Waals surface area contributed by atoms with E-state index in [-0.39, 0.29) is 0 Å². The van der Waals surface area contributed by atoms with Crippen LogP contribution in [0.25, 0.3) is 0 Å². The van der Waals surface area contributed by atoms with Gasteiger partial charge < -0.3 is 19.7 Å². The molecule has 0 spiro atoms. The van der Waals surface area contributed by atoms with Crippen molar-refractivity contribution >= 4 is 0 Å². The van der Waals surface area contributed by atoms with E-state index in [4.69, 9.17) is 9.47 Å². The minimum absolute atomic E-state index is 0.402. The lowest BCUT2D eigenvalue weighted by atomic mass is 9.94. The highest BCUT2D eigenvalue weighted by Gasteiger charge is 2.32. The molecule has 0 aliphatic carbocycles. The van der Waals surface area contributed by atoms with Gasteiger partial charge in [0.1, 0.15) is 0 Å². The molecule has 0 aromatic carbocycles. The lowest BCUT2D eigenvalue weighted by molar-refractivity contribution is -0.0102. The molecule has 2 heterocycles. The molecular formula is C13H26N2O2. The number of methoxy groups -OCH3 is 1. The van der Waals surface area contributed by atoms with Crippen molar-refractivity contribution in [3.8, 4) is 0 Å². The Morgan fingerprint density at radius 1 is 1.41 bits per heavy atom. The second kappa shape index (κ2) is 6.14. The van der Waals surface area contributed by atoms with E-state index in [0.717, 1.165) is 26.3 Å². The van der Waals surface area contributed by atoms with Crippen molar-refractivity contribution in [2.45, 2.75) is 25.5 Å². The molecule has 4 nitrogen and oxygen atoms in total. The first-order chi connectivity index (χ1) is 8.24. The predicted molar refractivity (Wildman–Crippen MR) is 68.2 cm³/mol. The van der Waals surface area contributed by atoms with Crippen molar-refractivity contribution in [3.63, 3.8) is 0 Å². The third-order valence-electron chi connectivity index (χ3n) is 4.34. The van der Waals surface area contributed by atoms with Crippen molar-refractivity contribution in [1.29, 1.82) is 0 Å². The summed E-state index contributed by atoms with van der Waals surface area (Å²) < 4.78 is 11.1. The number of likely N-dealkylation sites (N-methyl/N-ethyl adjacent to an activating group) is 1. The molecule has 4 heteroatoms. The van der Waals surface area contributed by atoms with Crippen molar-refractivity contribution < 1.29 is 9.47 Å². The summed E-state index contributed by atoms with van der Waals surface area (Å²) in [4.78, 5) is 2.54. The molecule has 0 aromatic heterocycles. The molecule has 2 fully saturated rings.